The minimum Gasteiger partial charge on any atom is -0.305 e. The van der Waals surface area contributed by atoms with Gasteiger partial charge in [0.1, 0.15) is 5.41 Å². The molecule has 2 aromatic carbocycles. The van der Waals surface area contributed by atoms with Gasteiger partial charge in [-0.05, 0) is 23.1 Å². The topological polar surface area (TPSA) is 83.5 Å². The molecule has 8 heteroatoms. The monoisotopic (exact) mass is 470 g/mol. The average molecular weight is 471 g/mol. The fraction of sp³-hybridized carbons (Fsp3) is 0.192. The third-order valence-corrected chi connectivity index (χ3v) is 8.06. The van der Waals surface area contributed by atoms with Gasteiger partial charge < -0.3 is 4.90 Å². The molecule has 1 fully saturated rings. The third kappa shape index (κ3) is 3.06. The van der Waals surface area contributed by atoms with Gasteiger partial charge in [-0.2, -0.15) is 4.31 Å². The average Bonchev–Trinajstić information content (AvgIpc) is 3.06. The Hall–Kier alpha value is -3.62. The zero-order valence-corrected chi connectivity index (χ0v) is 19.4. The van der Waals surface area contributed by atoms with Crippen LogP contribution in [-0.2, 0) is 26.8 Å². The van der Waals surface area contributed by atoms with Crippen LogP contribution in [0.5, 0.6) is 0 Å². The predicted molar refractivity (Wildman–Crippen MR) is 131 cm³/mol. The minimum absolute atomic E-state index is 0.0827. The molecule has 1 spiro atoms. The minimum atomic E-state index is -3.36. The highest BCUT2D eigenvalue weighted by molar-refractivity contribution is 7.88. The van der Waals surface area contributed by atoms with Crippen LogP contribution in [0.4, 0.5) is 5.69 Å². The Balaban J connectivity index is 1.46. The Kier molecular flexibility index (Phi) is 4.59. The number of para-hydroxylation sites is 1. The van der Waals surface area contributed by atoms with E-state index >= 15 is 0 Å². The molecule has 4 heterocycles. The van der Waals surface area contributed by atoms with Gasteiger partial charge in [0.05, 0.1) is 18.5 Å². The fourth-order valence-corrected chi connectivity index (χ4v) is 6.07. The first kappa shape index (κ1) is 20.9. The number of aromatic nitrogens is 2. The second kappa shape index (κ2) is 7.44. The summed E-state index contributed by atoms with van der Waals surface area (Å²) in [5.41, 5.74) is 3.50. The zero-order valence-electron chi connectivity index (χ0n) is 18.5. The molecule has 2 aromatic heterocycles. The van der Waals surface area contributed by atoms with E-state index in [9.17, 15) is 13.2 Å². The molecule has 0 radical (unpaired) electrons. The Morgan fingerprint density at radius 2 is 1.74 bits per heavy atom. The van der Waals surface area contributed by atoms with E-state index in [1.165, 1.54) is 10.6 Å². The Labute approximate surface area is 197 Å². The lowest BCUT2D eigenvalue weighted by Gasteiger charge is -2.45. The van der Waals surface area contributed by atoms with Gasteiger partial charge in [-0.15, -0.1) is 0 Å². The van der Waals surface area contributed by atoms with E-state index in [0.29, 0.717) is 0 Å². The number of amides is 1. The van der Waals surface area contributed by atoms with Crippen LogP contribution in [-0.4, -0.2) is 47.9 Å². The molecule has 0 atom stereocenters. The summed E-state index contributed by atoms with van der Waals surface area (Å²) in [5.74, 6) is -0.0827. The summed E-state index contributed by atoms with van der Waals surface area (Å²) < 4.78 is 25.5. The molecule has 6 rings (SSSR count). The van der Waals surface area contributed by atoms with Crippen LogP contribution in [0.2, 0.25) is 0 Å². The second-order valence-electron chi connectivity index (χ2n) is 8.93. The smallest absolute Gasteiger partial charge is 0.240 e. The van der Waals surface area contributed by atoms with Gasteiger partial charge in [0.2, 0.25) is 15.9 Å². The number of hydrogen-bond donors (Lipinski definition) is 0. The Bertz CT molecular complexity index is 1550. The van der Waals surface area contributed by atoms with E-state index in [0.717, 1.165) is 38.8 Å². The highest BCUT2D eigenvalue weighted by atomic mass is 32.2. The third-order valence-electron chi connectivity index (χ3n) is 6.86. The number of fused-ring (bicyclic) bond motifs is 3. The largest absolute Gasteiger partial charge is 0.305 e. The SMILES string of the molecule is CS(=O)(=O)N1CC2(C1)C(=O)N(Cc1ncc3ccccc3c1-c1cccnc1)c1ccccc12. The summed E-state index contributed by atoms with van der Waals surface area (Å²) in [6, 6.07) is 19.6. The van der Waals surface area contributed by atoms with Gasteiger partial charge in [-0.3, -0.25) is 14.8 Å². The van der Waals surface area contributed by atoms with Crippen LogP contribution < -0.4 is 4.90 Å². The molecule has 4 aromatic rings. The van der Waals surface area contributed by atoms with E-state index in [1.54, 1.807) is 11.1 Å². The summed E-state index contributed by atoms with van der Waals surface area (Å²) in [5, 5.41) is 2.06. The Morgan fingerprint density at radius 1 is 0.971 bits per heavy atom. The summed E-state index contributed by atoms with van der Waals surface area (Å²) in [6.07, 6.45) is 6.56. The lowest BCUT2D eigenvalue weighted by Crippen LogP contribution is -2.64. The molecule has 0 unspecified atom stereocenters. The van der Waals surface area contributed by atoms with E-state index < -0.39 is 15.4 Å². The van der Waals surface area contributed by atoms with E-state index in [-0.39, 0.29) is 25.5 Å². The van der Waals surface area contributed by atoms with Crippen molar-refractivity contribution in [2.45, 2.75) is 12.0 Å². The maximum absolute atomic E-state index is 13.8. The molecular formula is C26H22N4O3S. The molecule has 0 saturated carbocycles. The molecular weight excluding hydrogens is 448 g/mol. The van der Waals surface area contributed by atoms with Crippen molar-refractivity contribution in [3.8, 4) is 11.1 Å². The fourth-order valence-electron chi connectivity index (χ4n) is 5.16. The summed E-state index contributed by atoms with van der Waals surface area (Å²) in [4.78, 5) is 24.6. The van der Waals surface area contributed by atoms with E-state index in [2.05, 4.69) is 11.1 Å². The number of sulfonamides is 1. The molecule has 2 aliphatic heterocycles. The normalized spacial score (nSPS) is 17.2. The summed E-state index contributed by atoms with van der Waals surface area (Å²) >= 11 is 0. The van der Waals surface area contributed by atoms with E-state index in [1.807, 2.05) is 67.0 Å². The Morgan fingerprint density at radius 3 is 2.50 bits per heavy atom. The summed E-state index contributed by atoms with van der Waals surface area (Å²) in [6.45, 7) is 0.614. The molecule has 0 N–H and O–H groups in total. The van der Waals surface area contributed by atoms with Crippen molar-refractivity contribution < 1.29 is 13.2 Å². The number of carbonyl (C=O) groups excluding carboxylic acids is 1. The van der Waals surface area contributed by atoms with Crippen LogP contribution >= 0.6 is 0 Å². The van der Waals surface area contributed by atoms with Crippen molar-refractivity contribution in [3.05, 3.63) is 90.5 Å². The highest BCUT2D eigenvalue weighted by Crippen LogP contribution is 2.48. The number of anilines is 1. The quantitative estimate of drug-likeness (QED) is 0.457. The number of pyridine rings is 2. The van der Waals surface area contributed by atoms with Crippen LogP contribution in [0.1, 0.15) is 11.3 Å². The molecule has 170 valence electrons. The van der Waals surface area contributed by atoms with Crippen molar-refractivity contribution in [3.63, 3.8) is 0 Å². The predicted octanol–water partition coefficient (Wildman–Crippen LogP) is 3.36. The van der Waals surface area contributed by atoms with Gasteiger partial charge in [-0.25, -0.2) is 8.42 Å². The number of benzene rings is 2. The van der Waals surface area contributed by atoms with Crippen LogP contribution in [0.3, 0.4) is 0 Å². The van der Waals surface area contributed by atoms with Crippen LogP contribution in [0, 0.1) is 0 Å². The molecule has 1 saturated heterocycles. The number of carbonyl (C=O) groups is 1. The molecule has 1 amide bonds. The van der Waals surface area contributed by atoms with Gasteiger partial charge in [-0.1, -0.05) is 48.5 Å². The zero-order chi connectivity index (χ0) is 23.5. The molecule has 34 heavy (non-hydrogen) atoms. The van der Waals surface area contributed by atoms with Crippen molar-refractivity contribution in [2.24, 2.45) is 0 Å². The lowest BCUT2D eigenvalue weighted by molar-refractivity contribution is -0.127. The van der Waals surface area contributed by atoms with Crippen molar-refractivity contribution in [2.75, 3.05) is 24.2 Å². The summed E-state index contributed by atoms with van der Waals surface area (Å²) in [7, 11) is -3.36. The van der Waals surface area contributed by atoms with E-state index in [4.69, 9.17) is 4.98 Å². The highest BCUT2D eigenvalue weighted by Gasteiger charge is 2.60. The number of rotatable bonds is 4. The lowest BCUT2D eigenvalue weighted by atomic mass is 9.76. The first-order chi connectivity index (χ1) is 16.4. The number of hydrogen-bond acceptors (Lipinski definition) is 5. The second-order valence-corrected chi connectivity index (χ2v) is 10.9. The van der Waals surface area contributed by atoms with Gasteiger partial charge >= 0.3 is 0 Å². The van der Waals surface area contributed by atoms with Crippen LogP contribution in [0.25, 0.3) is 21.9 Å². The molecule has 2 aliphatic rings. The maximum atomic E-state index is 13.8. The van der Waals surface area contributed by atoms with Gasteiger partial charge in [0.15, 0.2) is 0 Å². The van der Waals surface area contributed by atoms with Crippen molar-refractivity contribution in [1.82, 2.24) is 14.3 Å². The number of nitrogens with zero attached hydrogens (tertiary/aromatic N) is 4. The van der Waals surface area contributed by atoms with Crippen molar-refractivity contribution in [1.29, 1.82) is 0 Å². The molecule has 0 bridgehead atoms. The standard InChI is InChI=1S/C26H22N4O3S/c1-34(32,33)29-16-26(17-29)21-10-4-5-11-23(21)30(25(26)31)15-22-24(19-8-6-12-27-13-19)20-9-3-2-7-18(20)14-28-22/h2-14H,15-17H2,1H3. The molecule has 7 nitrogen and oxygen atoms in total. The molecule has 0 aliphatic carbocycles. The first-order valence-corrected chi connectivity index (χ1v) is 12.9. The van der Waals surface area contributed by atoms with Gasteiger partial charge in [0, 0.05) is 53.9 Å². The van der Waals surface area contributed by atoms with Gasteiger partial charge in [0.25, 0.3) is 0 Å². The maximum Gasteiger partial charge on any atom is 0.240 e. The van der Waals surface area contributed by atoms with Crippen LogP contribution in [0.15, 0.2) is 79.3 Å². The first-order valence-electron chi connectivity index (χ1n) is 11.0. The van der Waals surface area contributed by atoms with Crippen molar-refractivity contribution >= 4 is 32.4 Å².